The standard InChI is InChI=1S/C15H14BrN3O/c16-13-10-17-12(8-18-13)9-19-14(20)15(6-7-15)11-4-2-1-3-5-11/h1-5,8,10H,6-7,9H2,(H,19,20). The van der Waals surface area contributed by atoms with E-state index in [9.17, 15) is 4.79 Å². The molecule has 0 unspecified atom stereocenters. The largest absolute Gasteiger partial charge is 0.350 e. The van der Waals surface area contributed by atoms with Gasteiger partial charge < -0.3 is 5.32 Å². The second kappa shape index (κ2) is 5.32. The maximum absolute atomic E-state index is 12.4. The number of amides is 1. The molecule has 102 valence electrons. The molecule has 1 saturated carbocycles. The minimum atomic E-state index is -0.329. The van der Waals surface area contributed by atoms with Crippen molar-refractivity contribution in [2.24, 2.45) is 0 Å². The lowest BCUT2D eigenvalue weighted by Crippen LogP contribution is -2.34. The Morgan fingerprint density at radius 2 is 1.95 bits per heavy atom. The van der Waals surface area contributed by atoms with Crippen LogP contribution in [0.3, 0.4) is 0 Å². The van der Waals surface area contributed by atoms with Crippen LogP contribution < -0.4 is 5.32 Å². The lowest BCUT2D eigenvalue weighted by molar-refractivity contribution is -0.123. The molecule has 4 nitrogen and oxygen atoms in total. The molecule has 1 aliphatic carbocycles. The van der Waals surface area contributed by atoms with Gasteiger partial charge in [0, 0.05) is 0 Å². The van der Waals surface area contributed by atoms with Crippen molar-refractivity contribution in [2.75, 3.05) is 0 Å². The van der Waals surface area contributed by atoms with Crippen molar-refractivity contribution in [3.05, 3.63) is 58.6 Å². The number of halogens is 1. The number of nitrogens with one attached hydrogen (secondary N) is 1. The van der Waals surface area contributed by atoms with Crippen molar-refractivity contribution in [3.8, 4) is 0 Å². The van der Waals surface area contributed by atoms with E-state index < -0.39 is 0 Å². The molecule has 0 saturated heterocycles. The maximum Gasteiger partial charge on any atom is 0.230 e. The van der Waals surface area contributed by atoms with Crippen LogP contribution in [0.15, 0.2) is 47.3 Å². The fourth-order valence-electron chi connectivity index (χ4n) is 2.30. The van der Waals surface area contributed by atoms with E-state index in [1.807, 2.05) is 30.3 Å². The van der Waals surface area contributed by atoms with Gasteiger partial charge in [-0.15, -0.1) is 0 Å². The first-order valence-corrected chi connectivity index (χ1v) is 7.30. The van der Waals surface area contributed by atoms with E-state index in [-0.39, 0.29) is 11.3 Å². The molecular weight excluding hydrogens is 318 g/mol. The Morgan fingerprint density at radius 3 is 2.55 bits per heavy atom. The molecule has 20 heavy (non-hydrogen) atoms. The number of carbonyl (C=O) groups is 1. The van der Waals surface area contributed by atoms with Crippen LogP contribution in [-0.2, 0) is 16.8 Å². The molecule has 0 bridgehead atoms. The van der Waals surface area contributed by atoms with Crippen LogP contribution in [-0.4, -0.2) is 15.9 Å². The van der Waals surface area contributed by atoms with Crippen LogP contribution >= 0.6 is 15.9 Å². The second-order valence-electron chi connectivity index (χ2n) is 4.96. The van der Waals surface area contributed by atoms with Crippen LogP contribution in [0.4, 0.5) is 0 Å². The molecule has 0 aliphatic heterocycles. The first kappa shape index (κ1) is 13.2. The molecule has 1 amide bonds. The van der Waals surface area contributed by atoms with Crippen molar-refractivity contribution in [2.45, 2.75) is 24.8 Å². The van der Waals surface area contributed by atoms with Gasteiger partial charge in [0.1, 0.15) is 4.60 Å². The van der Waals surface area contributed by atoms with E-state index in [1.165, 1.54) is 0 Å². The monoisotopic (exact) mass is 331 g/mol. The quantitative estimate of drug-likeness (QED) is 0.936. The summed E-state index contributed by atoms with van der Waals surface area (Å²) in [7, 11) is 0. The van der Waals surface area contributed by atoms with Crippen LogP contribution in [0.5, 0.6) is 0 Å². The van der Waals surface area contributed by atoms with Gasteiger partial charge >= 0.3 is 0 Å². The molecule has 1 fully saturated rings. The molecule has 5 heteroatoms. The fraction of sp³-hybridized carbons (Fsp3) is 0.267. The summed E-state index contributed by atoms with van der Waals surface area (Å²) < 4.78 is 0.690. The van der Waals surface area contributed by atoms with E-state index >= 15 is 0 Å². The Morgan fingerprint density at radius 1 is 1.20 bits per heavy atom. The van der Waals surface area contributed by atoms with E-state index in [1.54, 1.807) is 12.4 Å². The zero-order valence-electron chi connectivity index (χ0n) is 10.8. The van der Waals surface area contributed by atoms with Gasteiger partial charge in [-0.05, 0) is 34.3 Å². The Balaban J connectivity index is 1.67. The first-order chi connectivity index (χ1) is 9.71. The van der Waals surface area contributed by atoms with Crippen molar-refractivity contribution < 1.29 is 4.79 Å². The van der Waals surface area contributed by atoms with Gasteiger partial charge in [-0.25, -0.2) is 4.98 Å². The third kappa shape index (κ3) is 2.58. The normalized spacial score (nSPS) is 15.7. The summed E-state index contributed by atoms with van der Waals surface area (Å²) in [6.07, 6.45) is 5.11. The zero-order chi connectivity index (χ0) is 14.0. The Hall–Kier alpha value is -1.75. The first-order valence-electron chi connectivity index (χ1n) is 6.51. The van der Waals surface area contributed by atoms with Crippen molar-refractivity contribution >= 4 is 21.8 Å². The Bertz CT molecular complexity index is 609. The lowest BCUT2D eigenvalue weighted by atomic mass is 9.95. The average Bonchev–Trinajstić information content (AvgIpc) is 3.29. The van der Waals surface area contributed by atoms with Crippen molar-refractivity contribution in [1.29, 1.82) is 0 Å². The third-order valence-electron chi connectivity index (χ3n) is 3.61. The van der Waals surface area contributed by atoms with Gasteiger partial charge in [0.25, 0.3) is 0 Å². The minimum absolute atomic E-state index is 0.0772. The molecule has 0 radical (unpaired) electrons. The van der Waals surface area contributed by atoms with Crippen LogP contribution in [0, 0.1) is 0 Å². The highest BCUT2D eigenvalue weighted by Gasteiger charge is 2.50. The summed E-state index contributed by atoms with van der Waals surface area (Å²) in [4.78, 5) is 20.7. The predicted molar refractivity (Wildman–Crippen MR) is 78.9 cm³/mol. The second-order valence-corrected chi connectivity index (χ2v) is 5.77. The summed E-state index contributed by atoms with van der Waals surface area (Å²) in [5, 5.41) is 2.96. The average molecular weight is 332 g/mol. The molecule has 1 aromatic carbocycles. The molecule has 3 rings (SSSR count). The summed E-state index contributed by atoms with van der Waals surface area (Å²) in [6, 6.07) is 9.96. The van der Waals surface area contributed by atoms with Gasteiger partial charge in [0.2, 0.25) is 5.91 Å². The molecule has 1 heterocycles. The van der Waals surface area contributed by atoms with Crippen LogP contribution in [0.25, 0.3) is 0 Å². The zero-order valence-corrected chi connectivity index (χ0v) is 12.4. The fourth-order valence-corrected chi connectivity index (χ4v) is 2.50. The highest BCUT2D eigenvalue weighted by molar-refractivity contribution is 9.10. The van der Waals surface area contributed by atoms with E-state index in [2.05, 4.69) is 31.2 Å². The maximum atomic E-state index is 12.4. The molecular formula is C15H14BrN3O. The summed E-state index contributed by atoms with van der Waals surface area (Å²) >= 11 is 3.24. The van der Waals surface area contributed by atoms with Gasteiger partial charge in [-0.1, -0.05) is 30.3 Å². The van der Waals surface area contributed by atoms with Crippen molar-refractivity contribution in [1.82, 2.24) is 15.3 Å². The Kier molecular flexibility index (Phi) is 3.53. The smallest absolute Gasteiger partial charge is 0.230 e. The third-order valence-corrected chi connectivity index (χ3v) is 4.02. The highest BCUT2D eigenvalue weighted by atomic mass is 79.9. The number of rotatable bonds is 4. The van der Waals surface area contributed by atoms with E-state index in [0.29, 0.717) is 11.1 Å². The molecule has 1 N–H and O–H groups in total. The molecule has 0 atom stereocenters. The molecule has 1 aromatic heterocycles. The van der Waals surface area contributed by atoms with Crippen LogP contribution in [0.1, 0.15) is 24.1 Å². The highest BCUT2D eigenvalue weighted by Crippen LogP contribution is 2.48. The molecule has 1 aliphatic rings. The minimum Gasteiger partial charge on any atom is -0.350 e. The summed E-state index contributed by atoms with van der Waals surface area (Å²) in [6.45, 7) is 0.410. The SMILES string of the molecule is O=C(NCc1cnc(Br)cn1)C1(c2ccccc2)CC1. The predicted octanol–water partition coefficient (Wildman–Crippen LogP) is 2.59. The Labute approximate surface area is 125 Å². The van der Waals surface area contributed by atoms with Gasteiger partial charge in [0.05, 0.1) is 30.0 Å². The number of benzene rings is 1. The lowest BCUT2D eigenvalue weighted by Gasteiger charge is -2.15. The van der Waals surface area contributed by atoms with Gasteiger partial charge in [0.15, 0.2) is 0 Å². The van der Waals surface area contributed by atoms with E-state index in [0.717, 1.165) is 24.1 Å². The van der Waals surface area contributed by atoms with Crippen molar-refractivity contribution in [3.63, 3.8) is 0 Å². The number of hydrogen-bond acceptors (Lipinski definition) is 3. The topological polar surface area (TPSA) is 54.9 Å². The number of carbonyl (C=O) groups excluding carboxylic acids is 1. The van der Waals surface area contributed by atoms with Crippen LogP contribution in [0.2, 0.25) is 0 Å². The van der Waals surface area contributed by atoms with Gasteiger partial charge in [-0.2, -0.15) is 0 Å². The van der Waals surface area contributed by atoms with E-state index in [4.69, 9.17) is 0 Å². The number of aromatic nitrogens is 2. The van der Waals surface area contributed by atoms with Gasteiger partial charge in [-0.3, -0.25) is 9.78 Å². The number of nitrogens with zero attached hydrogens (tertiary/aromatic N) is 2. The molecule has 0 spiro atoms. The molecule has 2 aromatic rings. The number of hydrogen-bond donors (Lipinski definition) is 1. The summed E-state index contributed by atoms with van der Waals surface area (Å²) in [5.41, 5.74) is 1.52. The summed E-state index contributed by atoms with van der Waals surface area (Å²) in [5.74, 6) is 0.0772.